The summed E-state index contributed by atoms with van der Waals surface area (Å²) in [7, 11) is 0. The minimum absolute atomic E-state index is 0.0228. The minimum atomic E-state index is -0.269. The first kappa shape index (κ1) is 10.8. The molecule has 1 aromatic heterocycles. The lowest BCUT2D eigenvalue weighted by atomic mass is 10.1. The molecule has 2 N–H and O–H groups in total. The van der Waals surface area contributed by atoms with Crippen molar-refractivity contribution in [3.63, 3.8) is 0 Å². The first-order chi connectivity index (χ1) is 8.22. The van der Waals surface area contributed by atoms with Gasteiger partial charge in [-0.2, -0.15) is 5.26 Å². The molecule has 1 aromatic carbocycles. The first-order valence-electron chi connectivity index (χ1n) is 4.84. The lowest BCUT2D eigenvalue weighted by Gasteiger charge is -2.01. The van der Waals surface area contributed by atoms with Crippen molar-refractivity contribution in [2.24, 2.45) is 0 Å². The molecule has 0 aliphatic rings. The number of rotatable bonds is 2. The zero-order valence-corrected chi connectivity index (χ0v) is 8.79. The summed E-state index contributed by atoms with van der Waals surface area (Å²) in [5.41, 5.74) is 6.16. The smallest absolute Gasteiger partial charge is 0.213 e. The summed E-state index contributed by atoms with van der Waals surface area (Å²) in [5.74, 6) is -0.302. The Kier molecular flexibility index (Phi) is 2.79. The molecule has 0 radical (unpaired) electrons. The SMILES string of the molecule is N#Cc1ncc(C(=O)c2ccccc2)nc1N. The molecule has 0 amide bonds. The van der Waals surface area contributed by atoms with Gasteiger partial charge in [0.25, 0.3) is 0 Å². The molecule has 0 aliphatic carbocycles. The van der Waals surface area contributed by atoms with Gasteiger partial charge in [0.05, 0.1) is 6.20 Å². The standard InChI is InChI=1S/C12H8N4O/c13-6-9-12(14)16-10(7-15-9)11(17)8-4-2-1-3-5-8/h1-5,7H,(H2,14,16). The van der Waals surface area contributed by atoms with Crippen LogP contribution in [0.2, 0.25) is 0 Å². The fourth-order valence-corrected chi connectivity index (χ4v) is 1.34. The molecule has 0 atom stereocenters. The average Bonchev–Trinajstić information content (AvgIpc) is 2.39. The number of nitrogen functional groups attached to an aromatic ring is 1. The Labute approximate surface area is 97.6 Å². The molecule has 0 unspecified atom stereocenters. The number of nitrogens with zero attached hydrogens (tertiary/aromatic N) is 3. The number of aromatic nitrogens is 2. The van der Waals surface area contributed by atoms with Crippen LogP contribution in [-0.2, 0) is 0 Å². The highest BCUT2D eigenvalue weighted by molar-refractivity contribution is 6.07. The van der Waals surface area contributed by atoms with Crippen molar-refractivity contribution in [2.75, 3.05) is 5.73 Å². The Morgan fingerprint density at radius 3 is 2.59 bits per heavy atom. The third kappa shape index (κ3) is 2.11. The Bertz CT molecular complexity index is 602. The molecular formula is C12H8N4O. The van der Waals surface area contributed by atoms with Gasteiger partial charge >= 0.3 is 0 Å². The van der Waals surface area contributed by atoms with Crippen molar-refractivity contribution in [1.29, 1.82) is 5.26 Å². The second-order valence-electron chi connectivity index (χ2n) is 3.30. The minimum Gasteiger partial charge on any atom is -0.381 e. The molecular weight excluding hydrogens is 216 g/mol. The lowest BCUT2D eigenvalue weighted by Crippen LogP contribution is -2.08. The van der Waals surface area contributed by atoms with Crippen LogP contribution in [0.15, 0.2) is 36.5 Å². The third-order valence-corrected chi connectivity index (χ3v) is 2.17. The van der Waals surface area contributed by atoms with Crippen LogP contribution in [0, 0.1) is 11.3 Å². The highest BCUT2D eigenvalue weighted by atomic mass is 16.1. The van der Waals surface area contributed by atoms with E-state index >= 15 is 0 Å². The van der Waals surface area contributed by atoms with Gasteiger partial charge in [-0.15, -0.1) is 0 Å². The van der Waals surface area contributed by atoms with E-state index in [0.29, 0.717) is 5.56 Å². The highest BCUT2D eigenvalue weighted by Crippen LogP contribution is 2.10. The molecule has 5 heteroatoms. The lowest BCUT2D eigenvalue weighted by molar-refractivity contribution is 0.103. The summed E-state index contributed by atoms with van der Waals surface area (Å²) in [6.45, 7) is 0. The van der Waals surface area contributed by atoms with Crippen LogP contribution < -0.4 is 5.73 Å². The number of benzene rings is 1. The van der Waals surface area contributed by atoms with Crippen LogP contribution in [0.1, 0.15) is 21.7 Å². The van der Waals surface area contributed by atoms with Crippen LogP contribution in [0.5, 0.6) is 0 Å². The van der Waals surface area contributed by atoms with Crippen molar-refractivity contribution >= 4 is 11.6 Å². The van der Waals surface area contributed by atoms with Gasteiger partial charge in [0.15, 0.2) is 11.5 Å². The Hall–Kier alpha value is -2.74. The Morgan fingerprint density at radius 1 is 1.29 bits per heavy atom. The van der Waals surface area contributed by atoms with Gasteiger partial charge in [0, 0.05) is 5.56 Å². The summed E-state index contributed by atoms with van der Waals surface area (Å²) < 4.78 is 0. The van der Waals surface area contributed by atoms with Gasteiger partial charge in [-0.05, 0) is 0 Å². The molecule has 0 spiro atoms. The number of hydrogen-bond acceptors (Lipinski definition) is 5. The van der Waals surface area contributed by atoms with E-state index in [1.165, 1.54) is 6.20 Å². The number of hydrogen-bond donors (Lipinski definition) is 1. The van der Waals surface area contributed by atoms with Crippen LogP contribution in [0.3, 0.4) is 0 Å². The van der Waals surface area contributed by atoms with Gasteiger partial charge in [-0.1, -0.05) is 30.3 Å². The van der Waals surface area contributed by atoms with Gasteiger partial charge in [-0.3, -0.25) is 4.79 Å². The van der Waals surface area contributed by atoms with E-state index in [4.69, 9.17) is 11.0 Å². The van der Waals surface area contributed by atoms with E-state index in [1.54, 1.807) is 30.3 Å². The van der Waals surface area contributed by atoms with Gasteiger partial charge < -0.3 is 5.73 Å². The zero-order chi connectivity index (χ0) is 12.3. The fraction of sp³-hybridized carbons (Fsp3) is 0. The Morgan fingerprint density at radius 2 is 2.00 bits per heavy atom. The number of ketones is 1. The first-order valence-corrected chi connectivity index (χ1v) is 4.84. The summed E-state index contributed by atoms with van der Waals surface area (Å²) in [5, 5.41) is 8.65. The van der Waals surface area contributed by atoms with Crippen molar-refractivity contribution in [3.05, 3.63) is 53.5 Å². The van der Waals surface area contributed by atoms with E-state index in [2.05, 4.69) is 9.97 Å². The maximum atomic E-state index is 12.0. The van der Waals surface area contributed by atoms with Crippen molar-refractivity contribution in [1.82, 2.24) is 9.97 Å². The van der Waals surface area contributed by atoms with Crippen LogP contribution in [0.4, 0.5) is 5.82 Å². The zero-order valence-electron chi connectivity index (χ0n) is 8.79. The van der Waals surface area contributed by atoms with E-state index in [0.717, 1.165) is 0 Å². The molecule has 17 heavy (non-hydrogen) atoms. The largest absolute Gasteiger partial charge is 0.381 e. The number of anilines is 1. The summed E-state index contributed by atoms with van der Waals surface area (Å²) in [4.78, 5) is 19.6. The second kappa shape index (κ2) is 4.41. The van der Waals surface area contributed by atoms with E-state index in [9.17, 15) is 4.79 Å². The van der Waals surface area contributed by atoms with Gasteiger partial charge in [-0.25, -0.2) is 9.97 Å². The quantitative estimate of drug-likeness (QED) is 0.772. The predicted octanol–water partition coefficient (Wildman–Crippen LogP) is 1.16. The molecule has 0 aliphatic heterocycles. The molecule has 5 nitrogen and oxygen atoms in total. The molecule has 1 heterocycles. The number of carbonyl (C=O) groups excluding carboxylic acids is 1. The average molecular weight is 224 g/mol. The van der Waals surface area contributed by atoms with Gasteiger partial charge in [0.2, 0.25) is 5.78 Å². The monoisotopic (exact) mass is 224 g/mol. The highest BCUT2D eigenvalue weighted by Gasteiger charge is 2.12. The maximum absolute atomic E-state index is 12.0. The number of nitriles is 1. The van der Waals surface area contributed by atoms with Crippen molar-refractivity contribution in [3.8, 4) is 6.07 Å². The Balaban J connectivity index is 2.40. The summed E-state index contributed by atoms with van der Waals surface area (Å²) in [6, 6.07) is 10.5. The van der Waals surface area contributed by atoms with Crippen LogP contribution in [-0.4, -0.2) is 15.8 Å². The molecule has 82 valence electrons. The topological polar surface area (TPSA) is 92.7 Å². The molecule has 2 rings (SSSR count). The van der Waals surface area contributed by atoms with E-state index in [1.807, 2.05) is 6.07 Å². The maximum Gasteiger partial charge on any atom is 0.213 e. The van der Waals surface area contributed by atoms with Gasteiger partial charge in [0.1, 0.15) is 11.8 Å². The number of nitrogens with two attached hydrogens (primary N) is 1. The van der Waals surface area contributed by atoms with Crippen LogP contribution in [0.25, 0.3) is 0 Å². The molecule has 2 aromatic rings. The molecule has 0 saturated carbocycles. The van der Waals surface area contributed by atoms with E-state index < -0.39 is 0 Å². The van der Waals surface area contributed by atoms with Crippen molar-refractivity contribution in [2.45, 2.75) is 0 Å². The fourth-order valence-electron chi connectivity index (χ4n) is 1.34. The second-order valence-corrected chi connectivity index (χ2v) is 3.30. The van der Waals surface area contributed by atoms with Crippen molar-refractivity contribution < 1.29 is 4.79 Å². The summed E-state index contributed by atoms with van der Waals surface area (Å²) in [6.07, 6.45) is 1.25. The number of carbonyl (C=O) groups is 1. The normalized spacial score (nSPS) is 9.59. The molecule has 0 bridgehead atoms. The van der Waals surface area contributed by atoms with E-state index in [-0.39, 0.29) is 23.0 Å². The molecule has 0 fully saturated rings. The molecule has 0 saturated heterocycles. The predicted molar refractivity (Wildman–Crippen MR) is 61.0 cm³/mol. The van der Waals surface area contributed by atoms with Crippen LogP contribution >= 0.6 is 0 Å². The third-order valence-electron chi connectivity index (χ3n) is 2.17. The summed E-state index contributed by atoms with van der Waals surface area (Å²) >= 11 is 0.